The van der Waals surface area contributed by atoms with Gasteiger partial charge in [0.25, 0.3) is 0 Å². The van der Waals surface area contributed by atoms with Crippen molar-refractivity contribution < 1.29 is 19.4 Å². The highest BCUT2D eigenvalue weighted by atomic mass is 32.1. The van der Waals surface area contributed by atoms with Crippen molar-refractivity contribution in [3.63, 3.8) is 0 Å². The van der Waals surface area contributed by atoms with Crippen LogP contribution < -0.4 is 5.32 Å². The minimum Gasteiger partial charge on any atom is -0.477 e. The molecule has 2 aromatic rings. The van der Waals surface area contributed by atoms with Gasteiger partial charge >= 0.3 is 5.97 Å². The van der Waals surface area contributed by atoms with Gasteiger partial charge in [-0.05, 0) is 30.9 Å². The van der Waals surface area contributed by atoms with Crippen LogP contribution in [0.4, 0.5) is 4.39 Å². The van der Waals surface area contributed by atoms with Crippen LogP contribution in [-0.4, -0.2) is 28.8 Å². The van der Waals surface area contributed by atoms with E-state index < -0.39 is 17.9 Å². The molecule has 6 heteroatoms. The second kappa shape index (κ2) is 5.71. The number of rotatable bonds is 6. The third kappa shape index (κ3) is 2.92. The molecule has 3 rings (SSSR count). The summed E-state index contributed by atoms with van der Waals surface area (Å²) in [4.78, 5) is 11.5. The molecule has 21 heavy (non-hydrogen) atoms. The average molecular weight is 309 g/mol. The molecular formula is C15H16FNO3S. The SMILES string of the molecule is O=C(O)c1sc2cccc(F)c2c1CNCC(O)C1CC1. The zero-order valence-electron chi connectivity index (χ0n) is 11.3. The molecule has 0 radical (unpaired) electrons. The van der Waals surface area contributed by atoms with Gasteiger partial charge in [-0.3, -0.25) is 0 Å². The van der Waals surface area contributed by atoms with Crippen LogP contribution >= 0.6 is 11.3 Å². The van der Waals surface area contributed by atoms with E-state index in [0.717, 1.165) is 24.2 Å². The summed E-state index contributed by atoms with van der Waals surface area (Å²) in [5, 5.41) is 22.5. The van der Waals surface area contributed by atoms with Crippen LogP contribution in [0.3, 0.4) is 0 Å². The summed E-state index contributed by atoms with van der Waals surface area (Å²) in [6, 6.07) is 4.63. The van der Waals surface area contributed by atoms with Crippen molar-refractivity contribution in [3.8, 4) is 0 Å². The molecule has 0 spiro atoms. The van der Waals surface area contributed by atoms with Gasteiger partial charge in [0.15, 0.2) is 0 Å². The lowest BCUT2D eigenvalue weighted by molar-refractivity contribution is 0.0701. The van der Waals surface area contributed by atoms with Crippen LogP contribution in [0.25, 0.3) is 10.1 Å². The van der Waals surface area contributed by atoms with Crippen LogP contribution in [0.15, 0.2) is 18.2 Å². The summed E-state index contributed by atoms with van der Waals surface area (Å²) in [5.74, 6) is -1.10. The number of aliphatic hydroxyl groups excluding tert-OH is 1. The minimum atomic E-state index is -1.05. The molecule has 1 atom stereocenters. The molecular weight excluding hydrogens is 293 g/mol. The number of hydrogen-bond donors (Lipinski definition) is 3. The van der Waals surface area contributed by atoms with E-state index >= 15 is 0 Å². The molecule has 0 amide bonds. The highest BCUT2D eigenvalue weighted by Crippen LogP contribution is 2.34. The second-order valence-electron chi connectivity index (χ2n) is 5.36. The van der Waals surface area contributed by atoms with Gasteiger partial charge in [-0.25, -0.2) is 9.18 Å². The van der Waals surface area contributed by atoms with E-state index in [1.54, 1.807) is 12.1 Å². The standard InChI is InChI=1S/C15H16FNO3S/c16-10-2-1-3-12-13(10)9(14(21-12)15(19)20)6-17-7-11(18)8-4-5-8/h1-3,8,11,17-18H,4-7H2,(H,19,20). The van der Waals surface area contributed by atoms with Crippen LogP contribution in [0.1, 0.15) is 28.1 Å². The quantitative estimate of drug-likeness (QED) is 0.767. The van der Waals surface area contributed by atoms with Gasteiger partial charge in [-0.1, -0.05) is 6.07 Å². The molecule has 1 fully saturated rings. The zero-order valence-corrected chi connectivity index (χ0v) is 12.1. The maximum absolute atomic E-state index is 14.0. The third-order valence-corrected chi connectivity index (χ3v) is 4.96. The van der Waals surface area contributed by atoms with Crippen LogP contribution in [0.5, 0.6) is 0 Å². The number of carboxylic acids is 1. The Morgan fingerprint density at radius 1 is 1.48 bits per heavy atom. The maximum atomic E-state index is 14.0. The van der Waals surface area contributed by atoms with Crippen molar-refractivity contribution in [2.24, 2.45) is 5.92 Å². The van der Waals surface area contributed by atoms with Crippen molar-refractivity contribution in [3.05, 3.63) is 34.5 Å². The number of carbonyl (C=O) groups is 1. The first kappa shape index (κ1) is 14.4. The maximum Gasteiger partial charge on any atom is 0.346 e. The van der Waals surface area contributed by atoms with E-state index in [0.29, 0.717) is 28.1 Å². The second-order valence-corrected chi connectivity index (χ2v) is 6.42. The van der Waals surface area contributed by atoms with Crippen LogP contribution in [0, 0.1) is 11.7 Å². The molecule has 1 saturated carbocycles. The Labute approximate surface area is 125 Å². The largest absolute Gasteiger partial charge is 0.477 e. The Morgan fingerprint density at radius 2 is 2.24 bits per heavy atom. The fraction of sp³-hybridized carbons (Fsp3) is 0.400. The molecule has 4 nitrogen and oxygen atoms in total. The Kier molecular flexibility index (Phi) is 3.93. The zero-order chi connectivity index (χ0) is 15.0. The fourth-order valence-corrected chi connectivity index (χ4v) is 3.58. The summed E-state index contributed by atoms with van der Waals surface area (Å²) in [6.45, 7) is 0.641. The van der Waals surface area contributed by atoms with E-state index in [-0.39, 0.29) is 11.4 Å². The molecule has 1 aliphatic carbocycles. The predicted molar refractivity (Wildman–Crippen MR) is 79.2 cm³/mol. The van der Waals surface area contributed by atoms with Crippen molar-refractivity contribution in [2.45, 2.75) is 25.5 Å². The van der Waals surface area contributed by atoms with Gasteiger partial charge < -0.3 is 15.5 Å². The van der Waals surface area contributed by atoms with Gasteiger partial charge in [-0.15, -0.1) is 11.3 Å². The van der Waals surface area contributed by atoms with Gasteiger partial charge in [0.1, 0.15) is 10.7 Å². The Balaban J connectivity index is 1.84. The Morgan fingerprint density at radius 3 is 2.90 bits per heavy atom. The van der Waals surface area contributed by atoms with E-state index in [9.17, 15) is 19.4 Å². The molecule has 0 aliphatic heterocycles. The molecule has 112 valence electrons. The van der Waals surface area contributed by atoms with E-state index in [2.05, 4.69) is 5.32 Å². The number of carboxylic acid groups (broad SMARTS) is 1. The normalized spacial score (nSPS) is 16.3. The molecule has 1 aromatic carbocycles. The molecule has 1 aliphatic rings. The first-order valence-corrected chi connectivity index (χ1v) is 7.71. The molecule has 1 heterocycles. The lowest BCUT2D eigenvalue weighted by atomic mass is 10.1. The van der Waals surface area contributed by atoms with Gasteiger partial charge in [0.2, 0.25) is 0 Å². The molecule has 3 N–H and O–H groups in total. The third-order valence-electron chi connectivity index (χ3n) is 3.78. The lowest BCUT2D eigenvalue weighted by Crippen LogP contribution is -2.28. The number of halogens is 1. The number of aliphatic hydroxyl groups is 1. The average Bonchev–Trinajstić information content (AvgIpc) is 3.21. The van der Waals surface area contributed by atoms with E-state index in [4.69, 9.17) is 0 Å². The highest BCUT2D eigenvalue weighted by molar-refractivity contribution is 7.21. The van der Waals surface area contributed by atoms with Crippen LogP contribution in [-0.2, 0) is 6.54 Å². The van der Waals surface area contributed by atoms with Gasteiger partial charge in [0.05, 0.1) is 6.10 Å². The summed E-state index contributed by atoms with van der Waals surface area (Å²) >= 11 is 1.08. The first-order valence-electron chi connectivity index (χ1n) is 6.90. The predicted octanol–water partition coefficient (Wildman–Crippen LogP) is 2.60. The topological polar surface area (TPSA) is 69.6 Å². The number of nitrogens with one attached hydrogen (secondary N) is 1. The van der Waals surface area contributed by atoms with Crippen molar-refractivity contribution in [1.29, 1.82) is 0 Å². The number of benzene rings is 1. The van der Waals surface area contributed by atoms with Crippen molar-refractivity contribution in [1.82, 2.24) is 5.32 Å². The Hall–Kier alpha value is -1.50. The lowest BCUT2D eigenvalue weighted by Gasteiger charge is -2.11. The summed E-state index contributed by atoms with van der Waals surface area (Å²) in [5.41, 5.74) is 0.462. The summed E-state index contributed by atoms with van der Waals surface area (Å²) in [6.07, 6.45) is 1.67. The fourth-order valence-electron chi connectivity index (χ4n) is 2.50. The number of aromatic carboxylic acids is 1. The first-order chi connectivity index (χ1) is 10.1. The van der Waals surface area contributed by atoms with Crippen molar-refractivity contribution in [2.75, 3.05) is 6.54 Å². The number of hydrogen-bond acceptors (Lipinski definition) is 4. The molecule has 0 bridgehead atoms. The Bertz CT molecular complexity index is 681. The molecule has 0 saturated heterocycles. The monoisotopic (exact) mass is 309 g/mol. The summed E-state index contributed by atoms with van der Waals surface area (Å²) in [7, 11) is 0. The van der Waals surface area contributed by atoms with Gasteiger partial charge in [-0.2, -0.15) is 0 Å². The van der Waals surface area contributed by atoms with Gasteiger partial charge in [0, 0.05) is 28.7 Å². The molecule has 1 aromatic heterocycles. The minimum absolute atomic E-state index is 0.156. The van der Waals surface area contributed by atoms with Crippen molar-refractivity contribution >= 4 is 27.4 Å². The highest BCUT2D eigenvalue weighted by Gasteiger charge is 2.29. The van der Waals surface area contributed by atoms with E-state index in [1.807, 2.05) is 0 Å². The van der Waals surface area contributed by atoms with E-state index in [1.165, 1.54) is 6.07 Å². The smallest absolute Gasteiger partial charge is 0.346 e. The van der Waals surface area contributed by atoms with Crippen LogP contribution in [0.2, 0.25) is 0 Å². The number of fused-ring (bicyclic) bond motifs is 1. The number of thiophene rings is 1. The summed E-state index contributed by atoms with van der Waals surface area (Å²) < 4.78 is 14.6. The molecule has 1 unspecified atom stereocenters.